The first-order valence-electron chi connectivity index (χ1n) is 5.25. The molecule has 0 radical (unpaired) electrons. The fourth-order valence-electron chi connectivity index (χ4n) is 1.28. The number of ether oxygens (including phenoxy) is 1. The quantitative estimate of drug-likeness (QED) is 0.703. The van der Waals surface area contributed by atoms with E-state index in [-0.39, 0.29) is 12.3 Å². The molecule has 1 rings (SSSR count). The Labute approximate surface area is 99.4 Å². The lowest BCUT2D eigenvalue weighted by molar-refractivity contribution is -0.305. The summed E-state index contributed by atoms with van der Waals surface area (Å²) in [6.07, 6.45) is 0.313. The molecule has 1 N–H and O–H groups in total. The number of benzene rings is 1. The summed E-state index contributed by atoms with van der Waals surface area (Å²) < 4.78 is 4.97. The van der Waals surface area contributed by atoms with E-state index in [0.29, 0.717) is 24.3 Å². The lowest BCUT2D eigenvalue weighted by atomic mass is 10.2. The third-order valence-electron chi connectivity index (χ3n) is 2.20. The molecule has 0 aliphatic carbocycles. The molecular formula is C12H14NO4-. The molecule has 0 fully saturated rings. The third-order valence-corrected chi connectivity index (χ3v) is 2.20. The van der Waals surface area contributed by atoms with Crippen molar-refractivity contribution in [2.24, 2.45) is 0 Å². The number of rotatable bonds is 6. The molecule has 0 aliphatic heterocycles. The van der Waals surface area contributed by atoms with Crippen molar-refractivity contribution < 1.29 is 19.4 Å². The Hall–Kier alpha value is -2.04. The van der Waals surface area contributed by atoms with Crippen molar-refractivity contribution in [1.82, 2.24) is 5.32 Å². The van der Waals surface area contributed by atoms with Crippen LogP contribution in [0.15, 0.2) is 24.3 Å². The molecule has 5 heteroatoms. The summed E-state index contributed by atoms with van der Waals surface area (Å²) in [5.74, 6) is -0.659. The Balaban J connectivity index is 2.38. The maximum absolute atomic E-state index is 11.6. The predicted octanol–water partition coefficient (Wildman–Crippen LogP) is -0.0449. The van der Waals surface area contributed by atoms with E-state index in [1.54, 1.807) is 31.4 Å². The second kappa shape index (κ2) is 6.52. The van der Waals surface area contributed by atoms with E-state index in [0.717, 1.165) is 0 Å². The van der Waals surface area contributed by atoms with Gasteiger partial charge in [-0.3, -0.25) is 4.79 Å². The van der Waals surface area contributed by atoms with Crippen molar-refractivity contribution >= 4 is 11.9 Å². The molecule has 1 amide bonds. The van der Waals surface area contributed by atoms with E-state index >= 15 is 0 Å². The fraction of sp³-hybridized carbons (Fsp3) is 0.333. The fourth-order valence-corrected chi connectivity index (χ4v) is 1.28. The second-order valence-corrected chi connectivity index (χ2v) is 3.46. The minimum atomic E-state index is -1.11. The maximum Gasteiger partial charge on any atom is 0.251 e. The molecule has 0 heterocycles. The summed E-state index contributed by atoms with van der Waals surface area (Å²) in [6, 6.07) is 6.67. The van der Waals surface area contributed by atoms with Crippen molar-refractivity contribution in [1.29, 1.82) is 0 Å². The summed E-state index contributed by atoms with van der Waals surface area (Å²) >= 11 is 0. The van der Waals surface area contributed by atoms with Gasteiger partial charge in [0.1, 0.15) is 5.75 Å². The van der Waals surface area contributed by atoms with Crippen LogP contribution in [0.5, 0.6) is 5.75 Å². The van der Waals surface area contributed by atoms with Crippen molar-refractivity contribution in [3.05, 3.63) is 29.8 Å². The number of aliphatic carboxylic acids is 1. The molecule has 92 valence electrons. The zero-order valence-electron chi connectivity index (χ0n) is 9.56. The minimum Gasteiger partial charge on any atom is -0.550 e. The summed E-state index contributed by atoms with van der Waals surface area (Å²) in [7, 11) is 1.55. The average Bonchev–Trinajstić information content (AvgIpc) is 2.34. The highest BCUT2D eigenvalue weighted by Crippen LogP contribution is 2.10. The highest BCUT2D eigenvalue weighted by atomic mass is 16.5. The Morgan fingerprint density at radius 3 is 2.47 bits per heavy atom. The molecule has 0 atom stereocenters. The van der Waals surface area contributed by atoms with Gasteiger partial charge in [-0.2, -0.15) is 0 Å². The largest absolute Gasteiger partial charge is 0.550 e. The number of amides is 1. The van der Waals surface area contributed by atoms with Crippen LogP contribution in [0.2, 0.25) is 0 Å². The number of nitrogens with one attached hydrogen (secondary N) is 1. The SMILES string of the molecule is COc1ccc(C(=O)NCCCC(=O)[O-])cc1. The number of hydrogen-bond donors (Lipinski definition) is 1. The van der Waals surface area contributed by atoms with E-state index in [9.17, 15) is 14.7 Å². The molecular weight excluding hydrogens is 222 g/mol. The molecule has 0 saturated heterocycles. The standard InChI is InChI=1S/C12H15NO4/c1-17-10-6-4-9(5-7-10)12(16)13-8-2-3-11(14)15/h4-7H,2-3,8H2,1H3,(H,13,16)(H,14,15)/p-1. The first-order valence-corrected chi connectivity index (χ1v) is 5.25. The van der Waals surface area contributed by atoms with Crippen LogP contribution < -0.4 is 15.2 Å². The molecule has 1 aromatic rings. The predicted molar refractivity (Wildman–Crippen MR) is 59.6 cm³/mol. The first-order chi connectivity index (χ1) is 8.13. The molecule has 5 nitrogen and oxygen atoms in total. The van der Waals surface area contributed by atoms with Crippen molar-refractivity contribution in [3.8, 4) is 5.75 Å². The molecule has 0 aliphatic rings. The topological polar surface area (TPSA) is 78.5 Å². The molecule has 0 spiro atoms. The molecule has 1 aromatic carbocycles. The van der Waals surface area contributed by atoms with Gasteiger partial charge in [0.25, 0.3) is 5.91 Å². The van der Waals surface area contributed by atoms with Gasteiger partial charge in [-0.05, 0) is 37.1 Å². The van der Waals surface area contributed by atoms with Crippen LogP contribution >= 0.6 is 0 Å². The number of carboxylic acid groups (broad SMARTS) is 1. The Kier molecular flexibility index (Phi) is 5.00. The normalized spacial score (nSPS) is 9.71. The molecule has 0 aromatic heterocycles. The average molecular weight is 236 g/mol. The molecule has 17 heavy (non-hydrogen) atoms. The smallest absolute Gasteiger partial charge is 0.251 e. The van der Waals surface area contributed by atoms with Crippen LogP contribution in [0.1, 0.15) is 23.2 Å². The van der Waals surface area contributed by atoms with Gasteiger partial charge in [-0.25, -0.2) is 0 Å². The molecule has 0 unspecified atom stereocenters. The van der Waals surface area contributed by atoms with Crippen LogP contribution in [0, 0.1) is 0 Å². The third kappa shape index (κ3) is 4.55. The summed E-state index contributed by atoms with van der Waals surface area (Å²) in [6.45, 7) is 0.318. The van der Waals surface area contributed by atoms with E-state index in [4.69, 9.17) is 4.74 Å². The van der Waals surface area contributed by atoms with Gasteiger partial charge in [-0.15, -0.1) is 0 Å². The van der Waals surface area contributed by atoms with Gasteiger partial charge < -0.3 is 20.0 Å². The number of methoxy groups -OCH3 is 1. The first kappa shape index (κ1) is 13.0. The lowest BCUT2D eigenvalue weighted by Crippen LogP contribution is -2.27. The monoisotopic (exact) mass is 236 g/mol. The Morgan fingerprint density at radius 1 is 1.29 bits per heavy atom. The van der Waals surface area contributed by atoms with E-state index < -0.39 is 5.97 Å². The molecule has 0 saturated carbocycles. The van der Waals surface area contributed by atoms with E-state index in [1.807, 2.05) is 0 Å². The summed E-state index contributed by atoms with van der Waals surface area (Å²) in [5, 5.41) is 12.8. The summed E-state index contributed by atoms with van der Waals surface area (Å²) in [4.78, 5) is 21.7. The van der Waals surface area contributed by atoms with Crippen LogP contribution in [-0.2, 0) is 4.79 Å². The van der Waals surface area contributed by atoms with Gasteiger partial charge in [0.15, 0.2) is 0 Å². The zero-order chi connectivity index (χ0) is 12.7. The van der Waals surface area contributed by atoms with Crippen LogP contribution in [0.3, 0.4) is 0 Å². The van der Waals surface area contributed by atoms with Crippen molar-refractivity contribution in [2.75, 3.05) is 13.7 Å². The minimum absolute atomic E-state index is 0.0527. The summed E-state index contributed by atoms with van der Waals surface area (Å²) in [5.41, 5.74) is 0.513. The van der Waals surface area contributed by atoms with Crippen molar-refractivity contribution in [3.63, 3.8) is 0 Å². The van der Waals surface area contributed by atoms with Gasteiger partial charge in [0.05, 0.1) is 7.11 Å². The van der Waals surface area contributed by atoms with E-state index in [2.05, 4.69) is 5.32 Å². The number of carbonyl (C=O) groups excluding carboxylic acids is 2. The van der Waals surface area contributed by atoms with Crippen molar-refractivity contribution in [2.45, 2.75) is 12.8 Å². The van der Waals surface area contributed by atoms with Gasteiger partial charge in [0.2, 0.25) is 0 Å². The number of carboxylic acids is 1. The van der Waals surface area contributed by atoms with E-state index in [1.165, 1.54) is 0 Å². The van der Waals surface area contributed by atoms with Crippen LogP contribution in [-0.4, -0.2) is 25.5 Å². The maximum atomic E-state index is 11.6. The highest BCUT2D eigenvalue weighted by Gasteiger charge is 2.04. The number of carbonyl (C=O) groups is 2. The number of hydrogen-bond acceptors (Lipinski definition) is 4. The van der Waals surface area contributed by atoms with Gasteiger partial charge in [0, 0.05) is 18.1 Å². The zero-order valence-corrected chi connectivity index (χ0v) is 9.56. The Morgan fingerprint density at radius 2 is 1.94 bits per heavy atom. The van der Waals surface area contributed by atoms with Gasteiger partial charge in [-0.1, -0.05) is 0 Å². The van der Waals surface area contributed by atoms with Crippen LogP contribution in [0.25, 0.3) is 0 Å². The van der Waals surface area contributed by atoms with Crippen LogP contribution in [0.4, 0.5) is 0 Å². The molecule has 0 bridgehead atoms. The highest BCUT2D eigenvalue weighted by molar-refractivity contribution is 5.94. The van der Waals surface area contributed by atoms with Gasteiger partial charge >= 0.3 is 0 Å². The lowest BCUT2D eigenvalue weighted by Gasteiger charge is -2.06. The second-order valence-electron chi connectivity index (χ2n) is 3.46. The Bertz CT molecular complexity index is 386.